The zero-order valence-corrected chi connectivity index (χ0v) is 34.0. The highest BCUT2D eigenvalue weighted by Gasteiger charge is 2.24. The molecule has 0 radical (unpaired) electrons. The van der Waals surface area contributed by atoms with Crippen LogP contribution in [0, 0.1) is 0 Å². The lowest BCUT2D eigenvalue weighted by Crippen LogP contribution is -2.07. The minimum atomic E-state index is 0.552. The van der Waals surface area contributed by atoms with E-state index in [-0.39, 0.29) is 0 Å². The third-order valence-corrected chi connectivity index (χ3v) is 12.5. The van der Waals surface area contributed by atoms with Crippen LogP contribution < -0.4 is 0 Å². The van der Waals surface area contributed by atoms with Gasteiger partial charge in [-0.3, -0.25) is 4.57 Å². The monoisotopic (exact) mass is 804 g/mol. The van der Waals surface area contributed by atoms with Crippen molar-refractivity contribution >= 4 is 65.4 Å². The molecule has 0 fully saturated rings. The van der Waals surface area contributed by atoms with Gasteiger partial charge in [0.15, 0.2) is 11.6 Å². The summed E-state index contributed by atoms with van der Waals surface area (Å²) in [4.78, 5) is 16.0. The fraction of sp³-hybridized carbons (Fsp3) is 0. The van der Waals surface area contributed by atoms with Gasteiger partial charge in [-0.1, -0.05) is 170 Å². The molecule has 0 atom stereocenters. The Kier molecular flexibility index (Phi) is 7.80. The maximum atomic E-state index is 5.45. The van der Waals surface area contributed by atoms with E-state index < -0.39 is 0 Å². The summed E-state index contributed by atoms with van der Waals surface area (Å²) in [7, 11) is 0. The Morgan fingerprint density at radius 2 is 0.683 bits per heavy atom. The molecule has 0 bridgehead atoms. The van der Waals surface area contributed by atoms with Crippen LogP contribution in [0.25, 0.3) is 117 Å². The summed E-state index contributed by atoms with van der Waals surface area (Å²) >= 11 is 0. The Bertz CT molecular complexity index is 3840. The summed E-state index contributed by atoms with van der Waals surface area (Å²) < 4.78 is 7.00. The van der Waals surface area contributed by atoms with Gasteiger partial charge >= 0.3 is 0 Å². The summed E-state index contributed by atoms with van der Waals surface area (Å²) in [6, 6.07) is 77.3. The van der Waals surface area contributed by atoms with Crippen LogP contribution in [0.15, 0.2) is 218 Å². The molecular formula is C57H36N6. The van der Waals surface area contributed by atoms with Crippen molar-refractivity contribution in [1.29, 1.82) is 0 Å². The molecule has 4 aromatic heterocycles. The van der Waals surface area contributed by atoms with E-state index in [1.54, 1.807) is 0 Å². The predicted molar refractivity (Wildman–Crippen MR) is 259 cm³/mol. The van der Waals surface area contributed by atoms with Crippen LogP contribution in [0.3, 0.4) is 0 Å². The highest BCUT2D eigenvalue weighted by atomic mass is 15.2. The third kappa shape index (κ3) is 5.48. The molecule has 6 nitrogen and oxygen atoms in total. The Morgan fingerprint density at radius 3 is 1.27 bits per heavy atom. The van der Waals surface area contributed by atoms with Crippen LogP contribution in [-0.2, 0) is 0 Å². The average Bonchev–Trinajstić information content (AvgIpc) is 4.01. The van der Waals surface area contributed by atoms with E-state index in [0.29, 0.717) is 17.6 Å². The molecule has 4 heterocycles. The first-order valence-electron chi connectivity index (χ1n) is 21.3. The first-order chi connectivity index (χ1) is 31.3. The highest BCUT2D eigenvalue weighted by molar-refractivity contribution is 6.23. The summed E-state index contributed by atoms with van der Waals surface area (Å²) in [6.07, 6.45) is 0. The van der Waals surface area contributed by atoms with Crippen LogP contribution in [0.5, 0.6) is 0 Å². The van der Waals surface area contributed by atoms with Crippen LogP contribution in [0.4, 0.5) is 0 Å². The SMILES string of the molecule is c1ccc(-c2ccc(-n3c4ccccc4c4ccc5c6ccccc6n(-c6nc(-c7ccccc7)nc(-c7cccc(-n8c9ccccc9c9ccccc98)c7)n6)c5c43)cc2)cc1. The first-order valence-corrected chi connectivity index (χ1v) is 21.3. The molecule has 0 aliphatic rings. The van der Waals surface area contributed by atoms with E-state index in [1.807, 2.05) is 18.2 Å². The van der Waals surface area contributed by atoms with E-state index in [9.17, 15) is 0 Å². The third-order valence-electron chi connectivity index (χ3n) is 12.5. The van der Waals surface area contributed by atoms with E-state index >= 15 is 0 Å². The van der Waals surface area contributed by atoms with Gasteiger partial charge < -0.3 is 9.13 Å². The minimum absolute atomic E-state index is 0.552. The molecule has 13 aromatic rings. The van der Waals surface area contributed by atoms with Gasteiger partial charge in [0, 0.05) is 54.8 Å². The van der Waals surface area contributed by atoms with Crippen molar-refractivity contribution in [3.63, 3.8) is 0 Å². The number of nitrogens with zero attached hydrogens (tertiary/aromatic N) is 6. The van der Waals surface area contributed by atoms with Crippen molar-refractivity contribution in [3.05, 3.63) is 218 Å². The largest absolute Gasteiger partial charge is 0.309 e. The number of fused-ring (bicyclic) bond motifs is 10. The zero-order chi connectivity index (χ0) is 41.4. The fourth-order valence-electron chi connectivity index (χ4n) is 9.71. The molecule has 13 rings (SSSR count). The number of hydrogen-bond acceptors (Lipinski definition) is 3. The summed E-state index contributed by atoms with van der Waals surface area (Å²) in [5.41, 5.74) is 12.9. The molecule has 9 aromatic carbocycles. The van der Waals surface area contributed by atoms with Crippen molar-refractivity contribution < 1.29 is 0 Å². The van der Waals surface area contributed by atoms with Crippen molar-refractivity contribution in [1.82, 2.24) is 28.7 Å². The second-order valence-electron chi connectivity index (χ2n) is 16.0. The Balaban J connectivity index is 1.09. The van der Waals surface area contributed by atoms with E-state index in [4.69, 9.17) is 15.0 Å². The van der Waals surface area contributed by atoms with Crippen molar-refractivity contribution in [2.75, 3.05) is 0 Å². The van der Waals surface area contributed by atoms with Gasteiger partial charge in [0.2, 0.25) is 5.95 Å². The van der Waals surface area contributed by atoms with E-state index in [1.165, 1.54) is 27.3 Å². The van der Waals surface area contributed by atoms with Crippen molar-refractivity contribution in [2.45, 2.75) is 0 Å². The van der Waals surface area contributed by atoms with Gasteiger partial charge in [0.05, 0.1) is 33.1 Å². The van der Waals surface area contributed by atoms with Gasteiger partial charge in [0.1, 0.15) is 0 Å². The normalized spacial score (nSPS) is 11.8. The number of aromatic nitrogens is 6. The van der Waals surface area contributed by atoms with Crippen LogP contribution >= 0.6 is 0 Å². The molecule has 0 saturated carbocycles. The second-order valence-corrected chi connectivity index (χ2v) is 16.0. The zero-order valence-electron chi connectivity index (χ0n) is 34.0. The number of benzene rings is 9. The quantitative estimate of drug-likeness (QED) is 0.168. The Hall–Kier alpha value is -8.61. The van der Waals surface area contributed by atoms with Crippen LogP contribution in [0.2, 0.25) is 0 Å². The maximum absolute atomic E-state index is 5.45. The molecule has 0 saturated heterocycles. The lowest BCUT2D eigenvalue weighted by molar-refractivity contribution is 0.953. The van der Waals surface area contributed by atoms with Crippen LogP contribution in [-0.4, -0.2) is 28.7 Å². The molecule has 0 aliphatic carbocycles. The molecule has 0 unspecified atom stereocenters. The average molecular weight is 805 g/mol. The second kappa shape index (κ2) is 14.0. The smallest absolute Gasteiger partial charge is 0.238 e. The molecule has 0 spiro atoms. The van der Waals surface area contributed by atoms with Gasteiger partial charge in [0.25, 0.3) is 0 Å². The van der Waals surface area contributed by atoms with E-state index in [2.05, 4.69) is 214 Å². The molecule has 0 amide bonds. The van der Waals surface area contributed by atoms with Crippen LogP contribution in [0.1, 0.15) is 0 Å². The molecule has 63 heavy (non-hydrogen) atoms. The van der Waals surface area contributed by atoms with Gasteiger partial charge in [-0.05, 0) is 59.7 Å². The number of hydrogen-bond donors (Lipinski definition) is 0. The first kappa shape index (κ1) is 35.2. The fourth-order valence-corrected chi connectivity index (χ4v) is 9.71. The maximum Gasteiger partial charge on any atom is 0.238 e. The molecule has 294 valence electrons. The molecule has 6 heteroatoms. The van der Waals surface area contributed by atoms with Gasteiger partial charge in [-0.2, -0.15) is 9.97 Å². The summed E-state index contributed by atoms with van der Waals surface area (Å²) in [5.74, 6) is 1.75. The molecular weight excluding hydrogens is 769 g/mol. The van der Waals surface area contributed by atoms with Gasteiger partial charge in [-0.15, -0.1) is 0 Å². The summed E-state index contributed by atoms with van der Waals surface area (Å²) in [6.45, 7) is 0. The highest BCUT2D eigenvalue weighted by Crippen LogP contribution is 2.42. The number of rotatable bonds is 6. The van der Waals surface area contributed by atoms with Crippen molar-refractivity contribution in [2.24, 2.45) is 0 Å². The standard InChI is InChI=1S/C57H36N6/c1-3-16-37(17-4-1)38-30-32-41(33-31-38)62-51-28-13-9-24-45(51)47-34-35-48-46-25-10-14-29-52(46)63(54(48)53(47)62)57-59-55(39-18-5-2-6-19-39)58-56(60-57)40-20-15-21-42(36-40)61-49-26-11-7-22-43(49)44-23-8-12-27-50(44)61/h1-36H. The molecule has 0 N–H and O–H groups in total. The van der Waals surface area contributed by atoms with E-state index in [0.717, 1.165) is 71.8 Å². The minimum Gasteiger partial charge on any atom is -0.309 e. The molecule has 0 aliphatic heterocycles. The topological polar surface area (TPSA) is 53.5 Å². The number of para-hydroxylation sites is 4. The predicted octanol–water partition coefficient (Wildman–Crippen LogP) is 14.2. The lowest BCUT2D eigenvalue weighted by atomic mass is 10.1. The lowest BCUT2D eigenvalue weighted by Gasteiger charge is -2.14. The summed E-state index contributed by atoms with van der Waals surface area (Å²) in [5, 5.41) is 7.03. The Morgan fingerprint density at radius 1 is 0.254 bits per heavy atom. The van der Waals surface area contributed by atoms with Gasteiger partial charge in [-0.25, -0.2) is 4.98 Å². The van der Waals surface area contributed by atoms with Crippen molar-refractivity contribution in [3.8, 4) is 51.2 Å². The Labute approximate surface area is 362 Å².